The third-order valence-corrected chi connectivity index (χ3v) is 3.56. The number of carbonyl (C=O) groups excluding carboxylic acids is 1. The van der Waals surface area contributed by atoms with Crippen LogP contribution in [-0.4, -0.2) is 41.2 Å². The highest BCUT2D eigenvalue weighted by Crippen LogP contribution is 2.04. The Bertz CT molecular complexity index is 262. The molecule has 0 fully saturated rings. The van der Waals surface area contributed by atoms with Gasteiger partial charge >= 0.3 is 12.0 Å². The quantitative estimate of drug-likeness (QED) is 0.601. The van der Waals surface area contributed by atoms with Crippen LogP contribution in [0.2, 0.25) is 0 Å². The molecule has 0 aliphatic carbocycles. The second-order valence-corrected chi connectivity index (χ2v) is 5.77. The van der Waals surface area contributed by atoms with E-state index in [1.54, 1.807) is 11.8 Å². The van der Waals surface area contributed by atoms with Gasteiger partial charge in [0.25, 0.3) is 0 Å². The van der Waals surface area contributed by atoms with Crippen LogP contribution in [0.25, 0.3) is 0 Å². The summed E-state index contributed by atoms with van der Waals surface area (Å²) in [5.74, 6) is 1.32. The molecule has 2 atom stereocenters. The van der Waals surface area contributed by atoms with E-state index < -0.39 is 5.97 Å². The fourth-order valence-corrected chi connectivity index (χ4v) is 2.02. The Morgan fingerprint density at radius 1 is 1.33 bits per heavy atom. The van der Waals surface area contributed by atoms with Crippen molar-refractivity contribution in [3.63, 3.8) is 0 Å². The molecule has 0 bridgehead atoms. The minimum Gasteiger partial charge on any atom is -0.481 e. The molecule has 2 amide bonds. The lowest BCUT2D eigenvalue weighted by Crippen LogP contribution is -2.43. The highest BCUT2D eigenvalue weighted by molar-refractivity contribution is 7.99. The molecule has 0 saturated heterocycles. The summed E-state index contributed by atoms with van der Waals surface area (Å²) in [6.45, 7) is 6.49. The predicted molar refractivity (Wildman–Crippen MR) is 75.0 cm³/mol. The molecule has 0 heterocycles. The van der Waals surface area contributed by atoms with Crippen LogP contribution in [0.5, 0.6) is 0 Å². The van der Waals surface area contributed by atoms with Gasteiger partial charge in [0.05, 0.1) is 0 Å². The number of nitrogens with one attached hydrogen (secondary N) is 2. The van der Waals surface area contributed by atoms with Crippen LogP contribution in [-0.2, 0) is 4.79 Å². The standard InChI is InChI=1S/C12H24N2O3S/c1-4-18-8-10(3)14-12(17)13-7-9(2)5-6-11(15)16/h9-10H,4-8H2,1-3H3,(H,15,16)(H2,13,14,17). The summed E-state index contributed by atoms with van der Waals surface area (Å²) in [5.41, 5.74) is 0. The number of urea groups is 1. The summed E-state index contributed by atoms with van der Waals surface area (Å²) in [5, 5.41) is 14.1. The van der Waals surface area contributed by atoms with Crippen LogP contribution in [0.3, 0.4) is 0 Å². The average molecular weight is 276 g/mol. The van der Waals surface area contributed by atoms with E-state index in [9.17, 15) is 9.59 Å². The normalized spacial score (nSPS) is 13.7. The topological polar surface area (TPSA) is 78.4 Å². The van der Waals surface area contributed by atoms with Gasteiger partial charge in [0, 0.05) is 24.8 Å². The molecule has 0 aromatic heterocycles. The van der Waals surface area contributed by atoms with Gasteiger partial charge in [-0.05, 0) is 25.0 Å². The fourth-order valence-electron chi connectivity index (χ4n) is 1.35. The number of carboxylic acids is 1. The van der Waals surface area contributed by atoms with Gasteiger partial charge in [0.1, 0.15) is 0 Å². The van der Waals surface area contributed by atoms with Crippen LogP contribution >= 0.6 is 11.8 Å². The number of hydrogen-bond acceptors (Lipinski definition) is 3. The summed E-state index contributed by atoms with van der Waals surface area (Å²) in [6, 6.07) is -0.0364. The van der Waals surface area contributed by atoms with Crippen molar-refractivity contribution in [2.24, 2.45) is 5.92 Å². The molecule has 0 radical (unpaired) electrons. The number of carboxylic acid groups (broad SMARTS) is 1. The second kappa shape index (κ2) is 10.1. The van der Waals surface area contributed by atoms with E-state index in [0.717, 1.165) is 11.5 Å². The first kappa shape index (κ1) is 17.1. The van der Waals surface area contributed by atoms with Crippen molar-refractivity contribution >= 4 is 23.8 Å². The maximum absolute atomic E-state index is 11.5. The molecule has 0 aromatic rings. The van der Waals surface area contributed by atoms with Crippen molar-refractivity contribution < 1.29 is 14.7 Å². The Labute approximate surface area is 113 Å². The molecule has 3 N–H and O–H groups in total. The van der Waals surface area contributed by atoms with Gasteiger partial charge < -0.3 is 15.7 Å². The van der Waals surface area contributed by atoms with Crippen LogP contribution < -0.4 is 10.6 Å². The smallest absolute Gasteiger partial charge is 0.315 e. The SMILES string of the molecule is CCSCC(C)NC(=O)NCC(C)CCC(=O)O. The lowest BCUT2D eigenvalue weighted by molar-refractivity contribution is -0.137. The van der Waals surface area contributed by atoms with Crippen LogP contribution in [0, 0.1) is 5.92 Å². The summed E-state index contributed by atoms with van der Waals surface area (Å²) < 4.78 is 0. The van der Waals surface area contributed by atoms with Crippen LogP contribution in [0.1, 0.15) is 33.6 Å². The molecule has 0 aliphatic heterocycles. The number of thioether (sulfide) groups is 1. The molecule has 0 aromatic carbocycles. The molecular weight excluding hydrogens is 252 g/mol. The lowest BCUT2D eigenvalue weighted by Gasteiger charge is -2.16. The van der Waals surface area contributed by atoms with E-state index in [1.807, 2.05) is 13.8 Å². The number of aliphatic carboxylic acids is 1. The summed E-state index contributed by atoms with van der Waals surface area (Å²) in [4.78, 5) is 21.9. The number of carbonyl (C=O) groups is 2. The minimum absolute atomic E-state index is 0.143. The van der Waals surface area contributed by atoms with Crippen molar-refractivity contribution in [3.8, 4) is 0 Å². The number of amides is 2. The Balaban J connectivity index is 3.65. The van der Waals surface area contributed by atoms with Crippen molar-refractivity contribution in [2.75, 3.05) is 18.1 Å². The van der Waals surface area contributed by atoms with Crippen molar-refractivity contribution in [1.29, 1.82) is 0 Å². The summed E-state index contributed by atoms with van der Waals surface area (Å²) in [7, 11) is 0. The van der Waals surface area contributed by atoms with E-state index in [0.29, 0.717) is 13.0 Å². The van der Waals surface area contributed by atoms with Crippen molar-refractivity contribution in [2.45, 2.75) is 39.7 Å². The van der Waals surface area contributed by atoms with Gasteiger partial charge in [0.2, 0.25) is 0 Å². The molecule has 0 saturated carbocycles. The Morgan fingerprint density at radius 2 is 2.00 bits per heavy atom. The largest absolute Gasteiger partial charge is 0.481 e. The van der Waals surface area contributed by atoms with E-state index in [2.05, 4.69) is 17.6 Å². The van der Waals surface area contributed by atoms with E-state index in [1.165, 1.54) is 0 Å². The lowest BCUT2D eigenvalue weighted by atomic mass is 10.1. The van der Waals surface area contributed by atoms with Gasteiger partial charge in [-0.1, -0.05) is 13.8 Å². The van der Waals surface area contributed by atoms with E-state index in [4.69, 9.17) is 5.11 Å². The third kappa shape index (κ3) is 10.3. The van der Waals surface area contributed by atoms with Crippen molar-refractivity contribution in [1.82, 2.24) is 10.6 Å². The Kier molecular flexibility index (Phi) is 9.55. The zero-order valence-corrected chi connectivity index (χ0v) is 12.2. The van der Waals surface area contributed by atoms with Crippen LogP contribution in [0.15, 0.2) is 0 Å². The highest BCUT2D eigenvalue weighted by Gasteiger charge is 2.09. The predicted octanol–water partition coefficient (Wildman–Crippen LogP) is 1.93. The zero-order chi connectivity index (χ0) is 14.0. The number of hydrogen-bond donors (Lipinski definition) is 3. The average Bonchev–Trinajstić information content (AvgIpc) is 2.31. The molecule has 2 unspecified atom stereocenters. The van der Waals surface area contributed by atoms with E-state index in [-0.39, 0.29) is 24.4 Å². The minimum atomic E-state index is -0.795. The van der Waals surface area contributed by atoms with Gasteiger partial charge in [-0.25, -0.2) is 4.79 Å². The molecule has 6 heteroatoms. The summed E-state index contributed by atoms with van der Waals surface area (Å²) in [6.07, 6.45) is 0.727. The Morgan fingerprint density at radius 3 is 2.56 bits per heavy atom. The fraction of sp³-hybridized carbons (Fsp3) is 0.833. The van der Waals surface area contributed by atoms with E-state index >= 15 is 0 Å². The molecule has 5 nitrogen and oxygen atoms in total. The van der Waals surface area contributed by atoms with Gasteiger partial charge in [0.15, 0.2) is 0 Å². The van der Waals surface area contributed by atoms with Crippen molar-refractivity contribution in [3.05, 3.63) is 0 Å². The monoisotopic (exact) mass is 276 g/mol. The highest BCUT2D eigenvalue weighted by atomic mass is 32.2. The Hall–Kier alpha value is -0.910. The van der Waals surface area contributed by atoms with Gasteiger partial charge in [-0.2, -0.15) is 11.8 Å². The molecular formula is C12H24N2O3S. The molecule has 18 heavy (non-hydrogen) atoms. The first-order valence-electron chi connectivity index (χ1n) is 6.29. The van der Waals surface area contributed by atoms with Gasteiger partial charge in [-0.3, -0.25) is 4.79 Å². The third-order valence-electron chi connectivity index (χ3n) is 2.41. The molecule has 0 rings (SSSR count). The zero-order valence-electron chi connectivity index (χ0n) is 11.4. The number of rotatable bonds is 9. The molecule has 0 aliphatic rings. The molecule has 106 valence electrons. The second-order valence-electron chi connectivity index (χ2n) is 4.45. The first-order valence-corrected chi connectivity index (χ1v) is 7.45. The van der Waals surface area contributed by atoms with Gasteiger partial charge in [-0.15, -0.1) is 0 Å². The summed E-state index contributed by atoms with van der Waals surface area (Å²) >= 11 is 1.79. The maximum Gasteiger partial charge on any atom is 0.315 e. The molecule has 0 spiro atoms. The first-order chi connectivity index (χ1) is 8.45. The van der Waals surface area contributed by atoms with Crippen LogP contribution in [0.4, 0.5) is 4.79 Å². The maximum atomic E-state index is 11.5.